The molecule has 0 bridgehead atoms. The third kappa shape index (κ3) is 1.22. The number of aromatic hydroxyl groups is 1. The zero-order valence-corrected chi connectivity index (χ0v) is 9.09. The summed E-state index contributed by atoms with van der Waals surface area (Å²) >= 11 is 0. The zero-order valence-electron chi connectivity index (χ0n) is 9.09. The van der Waals surface area contributed by atoms with Gasteiger partial charge in [-0.1, -0.05) is 25.6 Å². The van der Waals surface area contributed by atoms with Gasteiger partial charge in [0.1, 0.15) is 5.75 Å². The highest BCUT2D eigenvalue weighted by Crippen LogP contribution is 2.48. The van der Waals surface area contributed by atoms with E-state index in [1.807, 2.05) is 6.07 Å². The maximum atomic E-state index is 10.2. The fourth-order valence-electron chi connectivity index (χ4n) is 2.59. The van der Waals surface area contributed by atoms with E-state index in [1.54, 1.807) is 0 Å². The number of phenolic OH excluding ortho intramolecular Hbond substituents is 1. The molecule has 0 unspecified atom stereocenters. The van der Waals surface area contributed by atoms with Crippen LogP contribution in [0.1, 0.15) is 42.4 Å². The Morgan fingerprint density at radius 3 is 2.73 bits per heavy atom. The predicted molar refractivity (Wildman–Crippen MR) is 62.0 cm³/mol. The van der Waals surface area contributed by atoms with Crippen molar-refractivity contribution >= 4 is 5.57 Å². The van der Waals surface area contributed by atoms with E-state index in [1.165, 1.54) is 18.4 Å². The first-order valence-corrected chi connectivity index (χ1v) is 5.72. The normalized spacial score (nSPS) is 23.1. The topological polar surface area (TPSA) is 20.2 Å². The molecule has 15 heavy (non-hydrogen) atoms. The number of hydrogen-bond acceptors (Lipinski definition) is 1. The van der Waals surface area contributed by atoms with Crippen LogP contribution in [0.4, 0.5) is 0 Å². The Labute approximate surface area is 90.4 Å². The summed E-state index contributed by atoms with van der Waals surface area (Å²) in [5, 5.41) is 10.2. The molecule has 0 spiro atoms. The molecular formula is C14H16O. The lowest BCUT2D eigenvalue weighted by Crippen LogP contribution is -2.14. The summed E-state index contributed by atoms with van der Waals surface area (Å²) in [6.07, 6.45) is 3.59. The molecule has 2 aliphatic rings. The molecule has 1 saturated carbocycles. The molecule has 1 aromatic carbocycles. The van der Waals surface area contributed by atoms with Gasteiger partial charge in [0.2, 0.25) is 0 Å². The highest BCUT2D eigenvalue weighted by atomic mass is 16.3. The van der Waals surface area contributed by atoms with Crippen molar-refractivity contribution in [2.75, 3.05) is 0 Å². The van der Waals surface area contributed by atoms with Crippen molar-refractivity contribution in [3.8, 4) is 5.75 Å². The average Bonchev–Trinajstić information content (AvgIpc) is 2.98. The Balaban J connectivity index is 2.05. The van der Waals surface area contributed by atoms with Gasteiger partial charge in [-0.05, 0) is 42.2 Å². The van der Waals surface area contributed by atoms with E-state index in [2.05, 4.69) is 19.6 Å². The molecule has 1 fully saturated rings. The van der Waals surface area contributed by atoms with Gasteiger partial charge in [-0.3, -0.25) is 0 Å². The smallest absolute Gasteiger partial charge is 0.126 e. The van der Waals surface area contributed by atoms with Crippen LogP contribution >= 0.6 is 0 Å². The van der Waals surface area contributed by atoms with Crippen molar-refractivity contribution in [3.63, 3.8) is 0 Å². The molecule has 0 aromatic heterocycles. The van der Waals surface area contributed by atoms with Gasteiger partial charge in [-0.2, -0.15) is 0 Å². The number of allylic oxidation sites excluding steroid dienone is 1. The Kier molecular flexibility index (Phi) is 1.73. The second kappa shape index (κ2) is 2.88. The van der Waals surface area contributed by atoms with Crippen LogP contribution in [0.3, 0.4) is 0 Å². The molecule has 0 saturated heterocycles. The van der Waals surface area contributed by atoms with Crippen LogP contribution in [0.2, 0.25) is 0 Å². The van der Waals surface area contributed by atoms with Crippen LogP contribution in [0.25, 0.3) is 5.57 Å². The highest BCUT2D eigenvalue weighted by Gasteiger charge is 2.31. The molecule has 78 valence electrons. The van der Waals surface area contributed by atoms with Gasteiger partial charge in [0.15, 0.2) is 0 Å². The maximum Gasteiger partial charge on any atom is 0.126 e. The van der Waals surface area contributed by atoms with Gasteiger partial charge >= 0.3 is 0 Å². The molecule has 0 radical (unpaired) electrons. The monoisotopic (exact) mass is 200 g/mol. The van der Waals surface area contributed by atoms with Crippen molar-refractivity contribution in [1.82, 2.24) is 0 Å². The number of hydrogen-bond donors (Lipinski definition) is 1. The van der Waals surface area contributed by atoms with Crippen LogP contribution in [-0.2, 0) is 6.42 Å². The Morgan fingerprint density at radius 2 is 2.13 bits per heavy atom. The third-order valence-corrected chi connectivity index (χ3v) is 3.74. The lowest BCUT2D eigenvalue weighted by Gasteiger charge is -2.29. The zero-order chi connectivity index (χ0) is 10.6. The molecule has 0 amide bonds. The molecule has 3 rings (SSSR count). The SMILES string of the molecule is C=C(c1ccc2c(c1O)[C@@H](C)C2)C1CC1. The molecule has 1 aromatic rings. The number of rotatable bonds is 2. The van der Waals surface area contributed by atoms with Gasteiger partial charge in [0, 0.05) is 11.1 Å². The van der Waals surface area contributed by atoms with Gasteiger partial charge in [-0.25, -0.2) is 0 Å². The number of benzene rings is 1. The van der Waals surface area contributed by atoms with Crippen molar-refractivity contribution in [3.05, 3.63) is 35.4 Å². The average molecular weight is 200 g/mol. The molecule has 1 heteroatoms. The summed E-state index contributed by atoms with van der Waals surface area (Å²) in [6.45, 7) is 6.28. The Bertz CT molecular complexity index is 441. The van der Waals surface area contributed by atoms with E-state index in [9.17, 15) is 5.11 Å². The minimum atomic E-state index is 0.503. The van der Waals surface area contributed by atoms with Crippen LogP contribution in [0, 0.1) is 5.92 Å². The second-order valence-electron chi connectivity index (χ2n) is 4.94. The van der Waals surface area contributed by atoms with Crippen LogP contribution < -0.4 is 0 Å². The van der Waals surface area contributed by atoms with E-state index < -0.39 is 0 Å². The third-order valence-electron chi connectivity index (χ3n) is 3.74. The van der Waals surface area contributed by atoms with Crippen molar-refractivity contribution in [2.24, 2.45) is 5.92 Å². The summed E-state index contributed by atoms with van der Waals surface area (Å²) < 4.78 is 0. The molecule has 2 aliphatic carbocycles. The predicted octanol–water partition coefficient (Wildman–Crippen LogP) is 3.48. The van der Waals surface area contributed by atoms with Gasteiger partial charge < -0.3 is 5.11 Å². The summed E-state index contributed by atoms with van der Waals surface area (Å²) in [6, 6.07) is 4.19. The fourth-order valence-corrected chi connectivity index (χ4v) is 2.59. The summed E-state index contributed by atoms with van der Waals surface area (Å²) in [5.74, 6) is 1.65. The lowest BCUT2D eigenvalue weighted by molar-refractivity contribution is 0.449. The van der Waals surface area contributed by atoms with Crippen LogP contribution in [0.15, 0.2) is 18.7 Å². The van der Waals surface area contributed by atoms with Crippen molar-refractivity contribution < 1.29 is 5.11 Å². The molecular weight excluding hydrogens is 184 g/mol. The first-order valence-electron chi connectivity index (χ1n) is 5.72. The number of phenols is 1. The quantitative estimate of drug-likeness (QED) is 0.775. The van der Waals surface area contributed by atoms with E-state index in [0.29, 0.717) is 17.6 Å². The van der Waals surface area contributed by atoms with E-state index in [-0.39, 0.29) is 0 Å². The highest BCUT2D eigenvalue weighted by molar-refractivity contribution is 5.74. The molecule has 0 heterocycles. The minimum Gasteiger partial charge on any atom is -0.507 e. The lowest BCUT2D eigenvalue weighted by atomic mass is 9.76. The first-order chi connectivity index (χ1) is 7.18. The minimum absolute atomic E-state index is 0.503. The maximum absolute atomic E-state index is 10.2. The van der Waals surface area contributed by atoms with E-state index in [0.717, 1.165) is 23.1 Å². The summed E-state index contributed by atoms with van der Waals surface area (Å²) in [5.41, 5.74) is 4.60. The molecule has 1 atom stereocenters. The van der Waals surface area contributed by atoms with Crippen LogP contribution in [-0.4, -0.2) is 5.11 Å². The standard InChI is InChI=1S/C14H16O/c1-8-7-11-5-6-12(14(15)13(8)11)9(2)10-3-4-10/h5-6,8,10,15H,2-4,7H2,1H3/t8-/m0/s1. The summed E-state index contributed by atoms with van der Waals surface area (Å²) in [4.78, 5) is 0. The molecule has 0 aliphatic heterocycles. The second-order valence-corrected chi connectivity index (χ2v) is 4.94. The van der Waals surface area contributed by atoms with E-state index >= 15 is 0 Å². The fraction of sp³-hybridized carbons (Fsp3) is 0.429. The largest absolute Gasteiger partial charge is 0.507 e. The van der Waals surface area contributed by atoms with Crippen molar-refractivity contribution in [1.29, 1.82) is 0 Å². The van der Waals surface area contributed by atoms with Gasteiger partial charge in [0.25, 0.3) is 0 Å². The van der Waals surface area contributed by atoms with E-state index in [4.69, 9.17) is 0 Å². The van der Waals surface area contributed by atoms with Gasteiger partial charge in [0.05, 0.1) is 0 Å². The van der Waals surface area contributed by atoms with Gasteiger partial charge in [-0.15, -0.1) is 0 Å². The molecule has 1 N–H and O–H groups in total. The Hall–Kier alpha value is -1.24. The van der Waals surface area contributed by atoms with Crippen LogP contribution in [0.5, 0.6) is 5.75 Å². The van der Waals surface area contributed by atoms with Crippen molar-refractivity contribution in [2.45, 2.75) is 32.1 Å². The Morgan fingerprint density at radius 1 is 1.40 bits per heavy atom. The number of fused-ring (bicyclic) bond motifs is 1. The first kappa shape index (κ1) is 9.02. The molecule has 1 nitrogen and oxygen atoms in total. The summed E-state index contributed by atoms with van der Waals surface area (Å²) in [7, 11) is 0.